The molecule has 0 radical (unpaired) electrons. The molecule has 2 N–H and O–H groups in total. The minimum atomic E-state index is -1.09. The summed E-state index contributed by atoms with van der Waals surface area (Å²) >= 11 is 0. The van der Waals surface area contributed by atoms with Crippen molar-refractivity contribution in [2.75, 3.05) is 6.54 Å². The van der Waals surface area contributed by atoms with Crippen LogP contribution in [0, 0.1) is 5.82 Å². The second kappa shape index (κ2) is 7.13. The largest absolute Gasteiger partial charge is 0.384 e. The SMILES string of the molecule is Cn1cc(CNCC(C)(O)c2ccc(F)cc2)c(-c2ccncc2)n1. The third-order valence-electron chi connectivity index (χ3n) is 4.11. The van der Waals surface area contributed by atoms with Gasteiger partial charge in [-0.25, -0.2) is 4.39 Å². The van der Waals surface area contributed by atoms with Crippen LogP contribution in [0.25, 0.3) is 11.3 Å². The molecule has 25 heavy (non-hydrogen) atoms. The lowest BCUT2D eigenvalue weighted by atomic mass is 9.96. The molecular formula is C19H21FN4O. The summed E-state index contributed by atoms with van der Waals surface area (Å²) in [6.07, 6.45) is 5.43. The van der Waals surface area contributed by atoms with Gasteiger partial charge < -0.3 is 10.4 Å². The highest BCUT2D eigenvalue weighted by atomic mass is 19.1. The molecule has 0 saturated heterocycles. The number of hydrogen-bond donors (Lipinski definition) is 2. The van der Waals surface area contributed by atoms with Crippen molar-refractivity contribution >= 4 is 0 Å². The number of benzene rings is 1. The summed E-state index contributed by atoms with van der Waals surface area (Å²) in [7, 11) is 1.88. The van der Waals surface area contributed by atoms with Crippen LogP contribution in [0.3, 0.4) is 0 Å². The quantitative estimate of drug-likeness (QED) is 0.724. The topological polar surface area (TPSA) is 63.0 Å². The molecule has 1 aromatic carbocycles. The van der Waals surface area contributed by atoms with Gasteiger partial charge >= 0.3 is 0 Å². The van der Waals surface area contributed by atoms with E-state index in [-0.39, 0.29) is 5.82 Å². The summed E-state index contributed by atoms with van der Waals surface area (Å²) in [5, 5.41) is 18.4. The highest BCUT2D eigenvalue weighted by Crippen LogP contribution is 2.22. The predicted octanol–water partition coefficient (Wildman–Crippen LogP) is 2.62. The molecule has 2 aromatic heterocycles. The van der Waals surface area contributed by atoms with Gasteiger partial charge in [0.1, 0.15) is 5.82 Å². The molecule has 0 spiro atoms. The molecule has 1 atom stereocenters. The van der Waals surface area contributed by atoms with Crippen molar-refractivity contribution < 1.29 is 9.50 Å². The van der Waals surface area contributed by atoms with Crippen LogP contribution in [0.4, 0.5) is 4.39 Å². The second-order valence-electron chi connectivity index (χ2n) is 6.30. The van der Waals surface area contributed by atoms with Crippen molar-refractivity contribution in [1.29, 1.82) is 0 Å². The number of halogens is 1. The Balaban J connectivity index is 1.69. The van der Waals surface area contributed by atoms with Crippen LogP contribution in [0.1, 0.15) is 18.1 Å². The minimum Gasteiger partial charge on any atom is -0.384 e. The zero-order valence-electron chi connectivity index (χ0n) is 14.3. The summed E-state index contributed by atoms with van der Waals surface area (Å²) in [6.45, 7) is 2.60. The monoisotopic (exact) mass is 340 g/mol. The Labute approximate surface area is 146 Å². The molecule has 5 nitrogen and oxygen atoms in total. The lowest BCUT2D eigenvalue weighted by molar-refractivity contribution is 0.0566. The van der Waals surface area contributed by atoms with E-state index in [1.54, 1.807) is 36.1 Å². The Bertz CT molecular complexity index is 828. The zero-order valence-corrected chi connectivity index (χ0v) is 14.3. The van der Waals surface area contributed by atoms with E-state index in [0.717, 1.165) is 16.8 Å². The highest BCUT2D eigenvalue weighted by molar-refractivity contribution is 5.61. The van der Waals surface area contributed by atoms with Gasteiger partial charge in [-0.2, -0.15) is 5.10 Å². The fourth-order valence-corrected chi connectivity index (χ4v) is 2.77. The van der Waals surface area contributed by atoms with E-state index < -0.39 is 5.60 Å². The third kappa shape index (κ3) is 4.10. The van der Waals surface area contributed by atoms with Crippen LogP contribution >= 0.6 is 0 Å². The summed E-state index contributed by atoms with van der Waals surface area (Å²) in [5.41, 5.74) is 2.49. The number of hydrogen-bond acceptors (Lipinski definition) is 4. The van der Waals surface area contributed by atoms with Crippen LogP contribution in [0.2, 0.25) is 0 Å². The Morgan fingerprint density at radius 2 is 1.84 bits per heavy atom. The van der Waals surface area contributed by atoms with Gasteiger partial charge in [-0.15, -0.1) is 0 Å². The van der Waals surface area contributed by atoms with Crippen LogP contribution in [0.5, 0.6) is 0 Å². The van der Waals surface area contributed by atoms with E-state index in [2.05, 4.69) is 15.4 Å². The van der Waals surface area contributed by atoms with E-state index in [0.29, 0.717) is 18.7 Å². The van der Waals surface area contributed by atoms with Gasteiger partial charge in [-0.1, -0.05) is 12.1 Å². The highest BCUT2D eigenvalue weighted by Gasteiger charge is 2.23. The maximum absolute atomic E-state index is 13.0. The van der Waals surface area contributed by atoms with Gasteiger partial charge in [0.25, 0.3) is 0 Å². The molecule has 3 aromatic rings. The Kier molecular flexibility index (Phi) is 4.92. The molecule has 0 saturated carbocycles. The van der Waals surface area contributed by atoms with Crippen molar-refractivity contribution in [2.45, 2.75) is 19.1 Å². The van der Waals surface area contributed by atoms with E-state index in [4.69, 9.17) is 0 Å². The first-order valence-corrected chi connectivity index (χ1v) is 8.08. The molecule has 0 bridgehead atoms. The van der Waals surface area contributed by atoms with Crippen molar-refractivity contribution in [2.24, 2.45) is 7.05 Å². The first-order valence-electron chi connectivity index (χ1n) is 8.08. The third-order valence-corrected chi connectivity index (χ3v) is 4.11. The lowest BCUT2D eigenvalue weighted by Crippen LogP contribution is -2.35. The summed E-state index contributed by atoms with van der Waals surface area (Å²) in [4.78, 5) is 4.03. The fourth-order valence-electron chi connectivity index (χ4n) is 2.77. The molecule has 6 heteroatoms. The smallest absolute Gasteiger partial charge is 0.123 e. The summed E-state index contributed by atoms with van der Waals surface area (Å²) in [5.74, 6) is -0.315. The van der Waals surface area contributed by atoms with Gasteiger partial charge in [-0.3, -0.25) is 9.67 Å². The fraction of sp³-hybridized carbons (Fsp3) is 0.263. The molecule has 0 fully saturated rings. The molecule has 2 heterocycles. The van der Waals surface area contributed by atoms with Crippen LogP contribution < -0.4 is 5.32 Å². The number of rotatable bonds is 6. The van der Waals surface area contributed by atoms with Gasteiger partial charge in [0.05, 0.1) is 11.3 Å². The molecule has 1 unspecified atom stereocenters. The molecule has 0 aliphatic rings. The lowest BCUT2D eigenvalue weighted by Gasteiger charge is -2.24. The number of aryl methyl sites for hydroxylation is 1. The number of aromatic nitrogens is 3. The van der Waals surface area contributed by atoms with Gasteiger partial charge in [-0.05, 0) is 36.8 Å². The van der Waals surface area contributed by atoms with Crippen molar-refractivity contribution in [1.82, 2.24) is 20.1 Å². The van der Waals surface area contributed by atoms with Gasteiger partial charge in [0, 0.05) is 49.9 Å². The summed E-state index contributed by atoms with van der Waals surface area (Å²) < 4.78 is 14.8. The zero-order chi connectivity index (χ0) is 17.9. The number of nitrogens with one attached hydrogen (secondary N) is 1. The van der Waals surface area contributed by atoms with Gasteiger partial charge in [0.15, 0.2) is 0 Å². The maximum atomic E-state index is 13.0. The first-order chi connectivity index (χ1) is 12.0. The average molecular weight is 340 g/mol. The first kappa shape index (κ1) is 17.3. The molecule has 3 rings (SSSR count). The predicted molar refractivity (Wildman–Crippen MR) is 94.1 cm³/mol. The molecule has 0 aliphatic carbocycles. The minimum absolute atomic E-state index is 0.315. The molecule has 130 valence electrons. The van der Waals surface area contributed by atoms with Crippen LogP contribution in [-0.2, 0) is 19.2 Å². The van der Waals surface area contributed by atoms with E-state index >= 15 is 0 Å². The number of pyridine rings is 1. The number of aliphatic hydroxyl groups is 1. The van der Waals surface area contributed by atoms with E-state index in [1.807, 2.05) is 25.4 Å². The Morgan fingerprint density at radius 1 is 1.16 bits per heavy atom. The maximum Gasteiger partial charge on any atom is 0.123 e. The van der Waals surface area contributed by atoms with Crippen molar-refractivity contribution in [3.8, 4) is 11.3 Å². The second-order valence-corrected chi connectivity index (χ2v) is 6.30. The van der Waals surface area contributed by atoms with Crippen LogP contribution in [0.15, 0.2) is 55.0 Å². The normalized spacial score (nSPS) is 13.6. The molecule has 0 amide bonds. The summed E-state index contributed by atoms with van der Waals surface area (Å²) in [6, 6.07) is 9.74. The molecular weight excluding hydrogens is 319 g/mol. The van der Waals surface area contributed by atoms with E-state index in [9.17, 15) is 9.50 Å². The average Bonchev–Trinajstić information content (AvgIpc) is 2.96. The van der Waals surface area contributed by atoms with Crippen molar-refractivity contribution in [3.05, 3.63) is 71.9 Å². The Hall–Kier alpha value is -2.57. The molecule has 0 aliphatic heterocycles. The van der Waals surface area contributed by atoms with Gasteiger partial charge in [0.2, 0.25) is 0 Å². The standard InChI is InChI=1S/C19H21FN4O/c1-19(25,16-3-5-17(20)6-4-16)13-22-11-15-12-24(2)23-18(15)14-7-9-21-10-8-14/h3-10,12,22,25H,11,13H2,1-2H3. The Morgan fingerprint density at radius 3 is 2.52 bits per heavy atom. The number of nitrogens with zero attached hydrogens (tertiary/aromatic N) is 3. The van der Waals surface area contributed by atoms with E-state index in [1.165, 1.54) is 12.1 Å². The van der Waals surface area contributed by atoms with Crippen molar-refractivity contribution in [3.63, 3.8) is 0 Å². The van der Waals surface area contributed by atoms with Crippen LogP contribution in [-0.4, -0.2) is 26.4 Å².